The number of aliphatic carboxylic acids is 1. The average molecular weight is 437 g/mol. The fraction of sp³-hybridized carbons (Fsp3) is 0.211. The largest absolute Gasteiger partial charge is 0.481 e. The molecule has 1 unspecified atom stereocenters. The molecule has 1 aromatic heterocycles. The minimum absolute atomic E-state index is 0.362. The maximum atomic E-state index is 13.3. The summed E-state index contributed by atoms with van der Waals surface area (Å²) in [6.45, 7) is 3.31. The van der Waals surface area contributed by atoms with E-state index in [2.05, 4.69) is 4.98 Å². The predicted octanol–water partition coefficient (Wildman–Crippen LogP) is 5.20. The first-order valence-corrected chi connectivity index (χ1v) is 9.88. The number of amides is 1. The highest BCUT2D eigenvalue weighted by molar-refractivity contribution is 7.23. The van der Waals surface area contributed by atoms with Crippen molar-refractivity contribution in [2.45, 2.75) is 25.9 Å². The zero-order valence-corrected chi connectivity index (χ0v) is 17.2. The summed E-state index contributed by atoms with van der Waals surface area (Å²) in [6, 6.07) is 8.74. The van der Waals surface area contributed by atoms with Crippen LogP contribution in [0.3, 0.4) is 0 Å². The minimum atomic E-state index is -1.57. The van der Waals surface area contributed by atoms with Crippen LogP contribution in [0, 0.1) is 6.92 Å². The predicted molar refractivity (Wildman–Crippen MR) is 109 cm³/mol. The molecule has 1 amide bonds. The first-order valence-electron chi connectivity index (χ1n) is 8.31. The molecule has 0 spiro atoms. The number of hydrogen-bond donors (Lipinski definition) is 1. The summed E-state index contributed by atoms with van der Waals surface area (Å²) in [4.78, 5) is 30.7. The van der Waals surface area contributed by atoms with Gasteiger partial charge in [0.05, 0.1) is 32.4 Å². The van der Waals surface area contributed by atoms with E-state index >= 15 is 0 Å². The Labute approximate surface area is 174 Å². The second-order valence-corrected chi connectivity index (χ2v) is 8.44. The Balaban J connectivity index is 1.94. The number of para-hydroxylation sites is 1. The third kappa shape index (κ3) is 2.90. The maximum absolute atomic E-state index is 13.3. The Kier molecular flexibility index (Phi) is 4.49. The molecule has 0 saturated carbocycles. The van der Waals surface area contributed by atoms with Gasteiger partial charge in [-0.2, -0.15) is 0 Å². The molecule has 0 aliphatic carbocycles. The number of carbonyl (C=O) groups excluding carboxylic acids is 1. The van der Waals surface area contributed by atoms with Gasteiger partial charge in [-0.05, 0) is 37.6 Å². The van der Waals surface area contributed by atoms with Crippen LogP contribution in [0.2, 0.25) is 10.0 Å². The van der Waals surface area contributed by atoms with E-state index in [0.717, 1.165) is 5.56 Å². The lowest BCUT2D eigenvalue weighted by Gasteiger charge is -2.39. The summed E-state index contributed by atoms with van der Waals surface area (Å²) >= 11 is 13.6. The Morgan fingerprint density at radius 2 is 2.07 bits per heavy atom. The first-order chi connectivity index (χ1) is 13.2. The highest BCUT2D eigenvalue weighted by Gasteiger charge is 2.48. The lowest BCUT2D eigenvalue weighted by Crippen LogP contribution is -2.53. The maximum Gasteiger partial charge on any atom is 0.307 e. The molecule has 9 heteroatoms. The molecule has 1 aliphatic heterocycles. The number of carbonyl (C=O) groups is 2. The van der Waals surface area contributed by atoms with E-state index in [4.69, 9.17) is 27.9 Å². The number of carboxylic acid groups (broad SMARTS) is 1. The van der Waals surface area contributed by atoms with E-state index in [1.54, 1.807) is 24.3 Å². The van der Waals surface area contributed by atoms with Crippen LogP contribution in [0.1, 0.15) is 18.9 Å². The van der Waals surface area contributed by atoms with E-state index in [9.17, 15) is 14.7 Å². The van der Waals surface area contributed by atoms with Gasteiger partial charge in [-0.15, -0.1) is 0 Å². The second-order valence-electron chi connectivity index (χ2n) is 6.67. The number of aryl methyl sites for hydroxylation is 1. The Morgan fingerprint density at radius 1 is 1.32 bits per heavy atom. The number of benzene rings is 2. The number of halogens is 2. The molecule has 2 aromatic carbocycles. The number of hydrogen-bond acceptors (Lipinski definition) is 5. The topological polar surface area (TPSA) is 79.7 Å². The number of fused-ring (bicyclic) bond motifs is 2. The Hall–Kier alpha value is -2.35. The number of rotatable bonds is 3. The van der Waals surface area contributed by atoms with Gasteiger partial charge in [0.25, 0.3) is 5.91 Å². The molecule has 4 rings (SSSR count). The molecule has 0 fully saturated rings. The summed E-state index contributed by atoms with van der Waals surface area (Å²) in [5.74, 6) is -1.18. The van der Waals surface area contributed by atoms with Crippen molar-refractivity contribution in [2.75, 3.05) is 4.90 Å². The molecule has 0 bridgehead atoms. The average Bonchev–Trinajstić information content (AvgIpc) is 3.04. The molecular weight excluding hydrogens is 423 g/mol. The van der Waals surface area contributed by atoms with Crippen LogP contribution in [0.15, 0.2) is 30.3 Å². The van der Waals surface area contributed by atoms with Gasteiger partial charge >= 0.3 is 5.97 Å². The van der Waals surface area contributed by atoms with Crippen LogP contribution >= 0.6 is 34.5 Å². The Bertz CT molecular complexity index is 1150. The van der Waals surface area contributed by atoms with E-state index in [1.165, 1.54) is 23.2 Å². The van der Waals surface area contributed by atoms with E-state index in [-0.39, 0.29) is 0 Å². The quantitative estimate of drug-likeness (QED) is 0.609. The minimum Gasteiger partial charge on any atom is -0.481 e. The molecule has 1 N–H and O–H groups in total. The first kappa shape index (κ1) is 19.0. The van der Waals surface area contributed by atoms with Gasteiger partial charge in [0.2, 0.25) is 0 Å². The standard InChI is InChI=1S/C19H14Cl2N2O4S/c1-9-4-3-5-12-15(9)27-19(2,8-13(24)25)17(26)23(12)18-22-11-7-6-10(20)14(21)16(11)28-18/h3-7H,8H2,1-2H3,(H,24,25). The molecular formula is C19H14Cl2N2O4S. The normalized spacial score (nSPS) is 18.9. The summed E-state index contributed by atoms with van der Waals surface area (Å²) in [5, 5.41) is 10.4. The zero-order valence-electron chi connectivity index (χ0n) is 14.8. The number of thiazole rings is 1. The van der Waals surface area contributed by atoms with E-state index in [0.29, 0.717) is 36.8 Å². The number of anilines is 2. The summed E-state index contributed by atoms with van der Waals surface area (Å²) in [5.41, 5.74) is 0.329. The van der Waals surface area contributed by atoms with Crippen molar-refractivity contribution in [3.05, 3.63) is 45.9 Å². The van der Waals surface area contributed by atoms with Gasteiger partial charge in [-0.3, -0.25) is 9.59 Å². The summed E-state index contributed by atoms with van der Waals surface area (Å²) in [7, 11) is 0. The molecule has 2 heterocycles. The SMILES string of the molecule is Cc1cccc2c1OC(C)(CC(=O)O)C(=O)N2c1nc2ccc(Cl)c(Cl)c2s1. The van der Waals surface area contributed by atoms with Crippen molar-refractivity contribution >= 4 is 67.5 Å². The molecule has 1 atom stereocenters. The molecule has 28 heavy (non-hydrogen) atoms. The lowest BCUT2D eigenvalue weighted by atomic mass is 9.96. The number of carboxylic acids is 1. The smallest absolute Gasteiger partial charge is 0.307 e. The van der Waals surface area contributed by atoms with Gasteiger partial charge in [0.1, 0.15) is 5.75 Å². The monoisotopic (exact) mass is 436 g/mol. The van der Waals surface area contributed by atoms with E-state index in [1.807, 2.05) is 13.0 Å². The molecule has 6 nitrogen and oxygen atoms in total. The summed E-state index contributed by atoms with van der Waals surface area (Å²) < 4.78 is 6.55. The number of aromatic nitrogens is 1. The molecule has 0 saturated heterocycles. The fourth-order valence-electron chi connectivity index (χ4n) is 3.17. The molecule has 144 valence electrons. The van der Waals surface area contributed by atoms with Gasteiger partial charge in [0, 0.05) is 0 Å². The fourth-order valence-corrected chi connectivity index (χ4v) is 4.68. The van der Waals surface area contributed by atoms with E-state index < -0.39 is 23.9 Å². The zero-order chi connectivity index (χ0) is 20.2. The molecule has 0 radical (unpaired) electrons. The molecule has 1 aliphatic rings. The van der Waals surface area contributed by atoms with Crippen LogP contribution < -0.4 is 9.64 Å². The highest BCUT2D eigenvalue weighted by atomic mass is 35.5. The van der Waals surface area contributed by atoms with Gasteiger partial charge in [0.15, 0.2) is 10.7 Å². The van der Waals surface area contributed by atoms with Crippen molar-refractivity contribution < 1.29 is 19.4 Å². The number of ether oxygens (including phenoxy) is 1. The van der Waals surface area contributed by atoms with Crippen LogP contribution in [-0.4, -0.2) is 27.6 Å². The highest BCUT2D eigenvalue weighted by Crippen LogP contribution is 2.47. The van der Waals surface area contributed by atoms with Gasteiger partial charge in [-0.25, -0.2) is 9.88 Å². The van der Waals surface area contributed by atoms with Crippen molar-refractivity contribution in [1.82, 2.24) is 4.98 Å². The van der Waals surface area contributed by atoms with Crippen LogP contribution in [0.4, 0.5) is 10.8 Å². The van der Waals surface area contributed by atoms with Crippen LogP contribution in [-0.2, 0) is 9.59 Å². The van der Waals surface area contributed by atoms with Gasteiger partial charge < -0.3 is 9.84 Å². The number of nitrogens with zero attached hydrogens (tertiary/aromatic N) is 2. The Morgan fingerprint density at radius 3 is 2.79 bits per heavy atom. The van der Waals surface area contributed by atoms with Crippen LogP contribution in [0.25, 0.3) is 10.2 Å². The second kappa shape index (κ2) is 6.62. The summed E-state index contributed by atoms with van der Waals surface area (Å²) in [6.07, 6.45) is -0.479. The van der Waals surface area contributed by atoms with Crippen molar-refractivity contribution in [3.8, 4) is 5.75 Å². The lowest BCUT2D eigenvalue weighted by molar-refractivity contribution is -0.148. The molecule has 3 aromatic rings. The third-order valence-corrected chi connectivity index (χ3v) is 6.52. The van der Waals surface area contributed by atoms with Gasteiger partial charge in [-0.1, -0.05) is 46.7 Å². The van der Waals surface area contributed by atoms with Crippen molar-refractivity contribution in [3.63, 3.8) is 0 Å². The third-order valence-electron chi connectivity index (χ3n) is 4.53. The van der Waals surface area contributed by atoms with Crippen molar-refractivity contribution in [1.29, 1.82) is 0 Å². The van der Waals surface area contributed by atoms with Crippen LogP contribution in [0.5, 0.6) is 5.75 Å². The van der Waals surface area contributed by atoms with Crippen molar-refractivity contribution in [2.24, 2.45) is 0 Å².